The highest BCUT2D eigenvalue weighted by atomic mass is 16.5. The van der Waals surface area contributed by atoms with E-state index in [1.807, 2.05) is 19.1 Å². The highest BCUT2D eigenvalue weighted by Gasteiger charge is 2.29. The van der Waals surface area contributed by atoms with Crippen molar-refractivity contribution in [3.63, 3.8) is 0 Å². The second-order valence-corrected chi connectivity index (χ2v) is 6.77. The molecule has 8 heteroatoms. The van der Waals surface area contributed by atoms with Gasteiger partial charge in [-0.25, -0.2) is 9.78 Å². The number of hydrogen-bond donors (Lipinski definition) is 1. The molecular weight excluding hydrogens is 334 g/mol. The number of nitrogens with one attached hydrogen (secondary N) is 1. The van der Waals surface area contributed by atoms with E-state index in [9.17, 15) is 4.79 Å². The van der Waals surface area contributed by atoms with Gasteiger partial charge < -0.3 is 19.1 Å². The lowest BCUT2D eigenvalue weighted by Crippen LogP contribution is -2.34. The molecule has 138 valence electrons. The highest BCUT2D eigenvalue weighted by molar-refractivity contribution is 5.89. The van der Waals surface area contributed by atoms with Crippen LogP contribution in [0.25, 0.3) is 0 Å². The Balaban J connectivity index is 1.37. The number of urea groups is 1. The van der Waals surface area contributed by atoms with Gasteiger partial charge in [0.1, 0.15) is 12.4 Å². The molecule has 2 saturated heterocycles. The minimum atomic E-state index is -0.181. The number of amides is 2. The summed E-state index contributed by atoms with van der Waals surface area (Å²) in [6.07, 6.45) is 6.44. The molecule has 2 aromatic heterocycles. The van der Waals surface area contributed by atoms with Crippen LogP contribution in [0.2, 0.25) is 0 Å². The summed E-state index contributed by atoms with van der Waals surface area (Å²) in [6, 6.07) is 3.67. The van der Waals surface area contributed by atoms with Crippen molar-refractivity contribution in [3.8, 4) is 5.75 Å². The van der Waals surface area contributed by atoms with Gasteiger partial charge >= 0.3 is 6.03 Å². The molecule has 0 radical (unpaired) electrons. The number of pyridine rings is 1. The van der Waals surface area contributed by atoms with Crippen LogP contribution in [-0.2, 0) is 0 Å². The molecule has 1 atom stereocenters. The predicted molar refractivity (Wildman–Crippen MR) is 96.5 cm³/mol. The summed E-state index contributed by atoms with van der Waals surface area (Å²) in [5, 5.41) is 6.57. The summed E-state index contributed by atoms with van der Waals surface area (Å²) in [6.45, 7) is 5.06. The van der Waals surface area contributed by atoms with E-state index in [0.29, 0.717) is 18.9 Å². The maximum atomic E-state index is 12.4. The van der Waals surface area contributed by atoms with Crippen LogP contribution in [0.15, 0.2) is 29.1 Å². The molecule has 4 heterocycles. The predicted octanol–water partition coefficient (Wildman–Crippen LogP) is 2.66. The average molecular weight is 357 g/mol. The topological polar surface area (TPSA) is 83.7 Å². The molecule has 0 spiro atoms. The Morgan fingerprint density at radius 1 is 1.35 bits per heavy atom. The van der Waals surface area contributed by atoms with Crippen molar-refractivity contribution in [2.45, 2.75) is 32.3 Å². The third-order valence-corrected chi connectivity index (χ3v) is 4.85. The van der Waals surface area contributed by atoms with Gasteiger partial charge in [-0.05, 0) is 31.9 Å². The van der Waals surface area contributed by atoms with Crippen LogP contribution in [0, 0.1) is 6.92 Å². The van der Waals surface area contributed by atoms with Gasteiger partial charge in [-0.15, -0.1) is 0 Å². The molecule has 0 bridgehead atoms. The summed E-state index contributed by atoms with van der Waals surface area (Å²) in [4.78, 5) is 20.9. The molecule has 0 aliphatic carbocycles. The Hall–Kier alpha value is -2.77. The second kappa shape index (κ2) is 7.23. The highest BCUT2D eigenvalue weighted by Crippen LogP contribution is 2.30. The molecule has 26 heavy (non-hydrogen) atoms. The van der Waals surface area contributed by atoms with Gasteiger partial charge in [0.15, 0.2) is 17.4 Å². The number of carbonyl (C=O) groups is 1. The lowest BCUT2D eigenvalue weighted by atomic mass is 10.3. The monoisotopic (exact) mass is 357 g/mol. The molecule has 4 rings (SSSR count). The molecular formula is C18H23N5O3. The summed E-state index contributed by atoms with van der Waals surface area (Å²) in [7, 11) is 0. The van der Waals surface area contributed by atoms with Crippen molar-refractivity contribution >= 4 is 17.7 Å². The first-order valence-electron chi connectivity index (χ1n) is 9.04. The van der Waals surface area contributed by atoms with E-state index in [1.165, 1.54) is 19.1 Å². The van der Waals surface area contributed by atoms with Crippen LogP contribution >= 0.6 is 0 Å². The molecule has 0 saturated carbocycles. The van der Waals surface area contributed by atoms with Gasteiger partial charge in [0.2, 0.25) is 0 Å². The zero-order valence-corrected chi connectivity index (χ0v) is 14.9. The fourth-order valence-electron chi connectivity index (χ4n) is 3.42. The van der Waals surface area contributed by atoms with Gasteiger partial charge in [0, 0.05) is 37.8 Å². The first-order chi connectivity index (χ1) is 12.7. The average Bonchev–Trinajstić information content (AvgIpc) is 3.39. The number of rotatable bonds is 4. The molecule has 2 aliphatic rings. The number of carbonyl (C=O) groups excluding carboxylic acids is 1. The Bertz CT molecular complexity index is 772. The summed E-state index contributed by atoms with van der Waals surface area (Å²) in [5.41, 5.74) is 0.802. The Labute approximate surface area is 152 Å². The third kappa shape index (κ3) is 3.44. The minimum Gasteiger partial charge on any atom is -0.485 e. The zero-order valence-electron chi connectivity index (χ0n) is 14.9. The molecule has 2 aliphatic heterocycles. The Morgan fingerprint density at radius 2 is 2.19 bits per heavy atom. The van der Waals surface area contributed by atoms with Crippen LogP contribution in [0.5, 0.6) is 5.75 Å². The summed E-state index contributed by atoms with van der Waals surface area (Å²) in [5.74, 6) is 2.17. The number of anilines is 2. The molecule has 0 aromatic carbocycles. The third-order valence-electron chi connectivity index (χ3n) is 4.85. The van der Waals surface area contributed by atoms with E-state index in [2.05, 4.69) is 20.4 Å². The fourth-order valence-corrected chi connectivity index (χ4v) is 3.42. The van der Waals surface area contributed by atoms with Crippen molar-refractivity contribution in [3.05, 3.63) is 30.2 Å². The maximum absolute atomic E-state index is 12.4. The van der Waals surface area contributed by atoms with E-state index in [4.69, 9.17) is 9.26 Å². The van der Waals surface area contributed by atoms with Crippen molar-refractivity contribution in [2.24, 2.45) is 0 Å². The number of aryl methyl sites for hydroxylation is 1. The van der Waals surface area contributed by atoms with E-state index in [1.54, 1.807) is 11.1 Å². The molecule has 0 unspecified atom stereocenters. The fraction of sp³-hybridized carbons (Fsp3) is 0.500. The smallest absolute Gasteiger partial charge is 0.323 e. The van der Waals surface area contributed by atoms with Crippen LogP contribution in [0.4, 0.5) is 16.4 Å². The number of likely N-dealkylation sites (tertiary alicyclic amines) is 1. The van der Waals surface area contributed by atoms with Gasteiger partial charge in [-0.3, -0.25) is 5.32 Å². The minimum absolute atomic E-state index is 0.0373. The number of nitrogens with zero attached hydrogens (tertiary/aromatic N) is 4. The van der Waals surface area contributed by atoms with Gasteiger partial charge in [-0.1, -0.05) is 5.16 Å². The molecule has 8 nitrogen and oxygen atoms in total. The van der Waals surface area contributed by atoms with E-state index in [0.717, 1.165) is 36.6 Å². The van der Waals surface area contributed by atoms with Crippen molar-refractivity contribution < 1.29 is 14.1 Å². The van der Waals surface area contributed by atoms with Crippen LogP contribution in [-0.4, -0.2) is 53.4 Å². The van der Waals surface area contributed by atoms with Crippen molar-refractivity contribution in [2.75, 3.05) is 36.4 Å². The summed E-state index contributed by atoms with van der Waals surface area (Å²) < 4.78 is 11.0. The second-order valence-electron chi connectivity index (χ2n) is 6.77. The lowest BCUT2D eigenvalue weighted by Gasteiger charge is -2.22. The Morgan fingerprint density at radius 3 is 2.96 bits per heavy atom. The quantitative estimate of drug-likeness (QED) is 0.906. The standard InChI is InChI=1S/C18H23N5O3/c1-13-12-25-21-16(13)20-18(24)23-10-6-14(11-23)26-15-5-4-7-19-17(15)22-8-2-3-9-22/h4-5,7,12,14H,2-3,6,8-11H2,1H3,(H,20,21,24)/t14-/m1/s1. The lowest BCUT2D eigenvalue weighted by molar-refractivity contribution is 0.194. The molecule has 1 N–H and O–H groups in total. The van der Waals surface area contributed by atoms with Crippen molar-refractivity contribution in [1.29, 1.82) is 0 Å². The van der Waals surface area contributed by atoms with E-state index < -0.39 is 0 Å². The van der Waals surface area contributed by atoms with E-state index >= 15 is 0 Å². The van der Waals surface area contributed by atoms with Gasteiger partial charge in [0.25, 0.3) is 0 Å². The Kier molecular flexibility index (Phi) is 4.64. The van der Waals surface area contributed by atoms with Crippen molar-refractivity contribution in [1.82, 2.24) is 15.0 Å². The van der Waals surface area contributed by atoms with Crippen LogP contribution in [0.3, 0.4) is 0 Å². The first-order valence-corrected chi connectivity index (χ1v) is 9.04. The number of ether oxygens (including phenoxy) is 1. The van der Waals surface area contributed by atoms with Gasteiger partial charge in [-0.2, -0.15) is 0 Å². The van der Waals surface area contributed by atoms with Crippen LogP contribution in [0.1, 0.15) is 24.8 Å². The largest absolute Gasteiger partial charge is 0.485 e. The normalized spacial score (nSPS) is 19.8. The van der Waals surface area contributed by atoms with Crippen LogP contribution < -0.4 is 15.0 Å². The summed E-state index contributed by atoms with van der Waals surface area (Å²) >= 11 is 0. The van der Waals surface area contributed by atoms with E-state index in [-0.39, 0.29) is 12.1 Å². The SMILES string of the molecule is Cc1conc1NC(=O)N1CC[C@@H](Oc2cccnc2N2CCCC2)C1. The first kappa shape index (κ1) is 16.7. The molecule has 2 aromatic rings. The zero-order chi connectivity index (χ0) is 17.9. The number of aromatic nitrogens is 2. The molecule has 2 fully saturated rings. The maximum Gasteiger partial charge on any atom is 0.323 e. The molecule has 2 amide bonds. The van der Waals surface area contributed by atoms with Gasteiger partial charge in [0.05, 0.1) is 6.54 Å². The number of hydrogen-bond acceptors (Lipinski definition) is 6.